The van der Waals surface area contributed by atoms with Crippen LogP contribution in [0.15, 0.2) is 47.6 Å². The zero-order chi connectivity index (χ0) is 16.7. The maximum atomic E-state index is 5.21. The van der Waals surface area contributed by atoms with Gasteiger partial charge in [-0.1, -0.05) is 35.9 Å². The van der Waals surface area contributed by atoms with E-state index in [1.165, 1.54) is 11.1 Å². The molecule has 0 saturated carbocycles. The Labute approximate surface area is 142 Å². The van der Waals surface area contributed by atoms with Crippen LogP contribution in [0.5, 0.6) is 5.75 Å². The minimum absolute atomic E-state index is 0.488. The van der Waals surface area contributed by atoms with E-state index in [9.17, 15) is 0 Å². The molecular formula is C18H21N3OS. The minimum Gasteiger partial charge on any atom is -0.497 e. The van der Waals surface area contributed by atoms with Gasteiger partial charge >= 0.3 is 0 Å². The number of nitrogens with one attached hydrogen (secondary N) is 2. The van der Waals surface area contributed by atoms with Crippen LogP contribution in [0, 0.1) is 13.8 Å². The Morgan fingerprint density at radius 2 is 1.91 bits per heavy atom. The molecule has 2 aromatic carbocycles. The normalized spacial score (nSPS) is 10.6. The van der Waals surface area contributed by atoms with Gasteiger partial charge in [0.15, 0.2) is 5.11 Å². The number of rotatable bonds is 5. The lowest BCUT2D eigenvalue weighted by atomic mass is 10.1. The van der Waals surface area contributed by atoms with Crippen molar-refractivity contribution in [1.29, 1.82) is 0 Å². The van der Waals surface area contributed by atoms with Crippen LogP contribution in [0.4, 0.5) is 0 Å². The molecule has 4 nitrogen and oxygen atoms in total. The maximum Gasteiger partial charge on any atom is 0.187 e. The van der Waals surface area contributed by atoms with Crippen LogP contribution >= 0.6 is 12.2 Å². The van der Waals surface area contributed by atoms with Gasteiger partial charge in [0.1, 0.15) is 5.75 Å². The highest BCUT2D eigenvalue weighted by atomic mass is 32.1. The quantitative estimate of drug-likeness (QED) is 0.502. The third-order valence-corrected chi connectivity index (χ3v) is 3.64. The molecule has 0 atom stereocenters. The van der Waals surface area contributed by atoms with Gasteiger partial charge in [-0.25, -0.2) is 0 Å². The standard InChI is InChI=1S/C18H21N3OS/c1-13-4-7-16(14(2)10-13)12-20-21-18(23)19-11-15-5-8-17(22-3)9-6-15/h4-10,12H,11H2,1-3H3,(H2,19,21,23)/b20-12-. The van der Waals surface area contributed by atoms with Crippen molar-refractivity contribution >= 4 is 23.5 Å². The molecule has 0 heterocycles. The first kappa shape index (κ1) is 17.0. The molecule has 2 N–H and O–H groups in total. The van der Waals surface area contributed by atoms with Crippen molar-refractivity contribution in [2.45, 2.75) is 20.4 Å². The summed E-state index contributed by atoms with van der Waals surface area (Å²) in [5.41, 5.74) is 7.45. The van der Waals surface area contributed by atoms with E-state index in [0.717, 1.165) is 16.9 Å². The molecular weight excluding hydrogens is 306 g/mol. The molecule has 23 heavy (non-hydrogen) atoms. The van der Waals surface area contributed by atoms with E-state index >= 15 is 0 Å². The van der Waals surface area contributed by atoms with E-state index < -0.39 is 0 Å². The average Bonchev–Trinajstić information content (AvgIpc) is 2.55. The van der Waals surface area contributed by atoms with Crippen LogP contribution in [0.2, 0.25) is 0 Å². The summed E-state index contributed by atoms with van der Waals surface area (Å²) < 4.78 is 5.13. The Morgan fingerprint density at radius 1 is 1.17 bits per heavy atom. The number of methoxy groups -OCH3 is 1. The van der Waals surface area contributed by atoms with Crippen LogP contribution in [-0.4, -0.2) is 18.4 Å². The Hall–Kier alpha value is -2.40. The summed E-state index contributed by atoms with van der Waals surface area (Å²) in [4.78, 5) is 0. The smallest absolute Gasteiger partial charge is 0.187 e. The van der Waals surface area contributed by atoms with Crippen LogP contribution in [0.3, 0.4) is 0 Å². The fraction of sp³-hybridized carbons (Fsp3) is 0.222. The zero-order valence-corrected chi connectivity index (χ0v) is 14.4. The molecule has 0 amide bonds. The number of hydrazone groups is 1. The summed E-state index contributed by atoms with van der Waals surface area (Å²) in [6.45, 7) is 4.77. The number of aryl methyl sites for hydroxylation is 2. The lowest BCUT2D eigenvalue weighted by Crippen LogP contribution is -2.31. The summed E-state index contributed by atoms with van der Waals surface area (Å²) in [6.07, 6.45) is 1.77. The minimum atomic E-state index is 0.488. The van der Waals surface area contributed by atoms with Gasteiger partial charge < -0.3 is 10.1 Å². The highest BCUT2D eigenvalue weighted by Crippen LogP contribution is 2.11. The van der Waals surface area contributed by atoms with E-state index in [2.05, 4.69) is 41.8 Å². The molecule has 0 aliphatic carbocycles. The summed E-state index contributed by atoms with van der Waals surface area (Å²) in [6, 6.07) is 14.1. The van der Waals surface area contributed by atoms with E-state index in [1.807, 2.05) is 30.3 Å². The van der Waals surface area contributed by atoms with Gasteiger partial charge in [-0.15, -0.1) is 0 Å². The van der Waals surface area contributed by atoms with Crippen molar-refractivity contribution in [3.63, 3.8) is 0 Å². The predicted molar refractivity (Wildman–Crippen MR) is 99.1 cm³/mol. The van der Waals surface area contributed by atoms with Crippen molar-refractivity contribution in [1.82, 2.24) is 10.7 Å². The second kappa shape index (κ2) is 8.29. The number of ether oxygens (including phenoxy) is 1. The van der Waals surface area contributed by atoms with Crippen LogP contribution in [0.1, 0.15) is 22.3 Å². The summed E-state index contributed by atoms with van der Waals surface area (Å²) in [5.74, 6) is 0.840. The lowest BCUT2D eigenvalue weighted by molar-refractivity contribution is 0.414. The van der Waals surface area contributed by atoms with Crippen LogP contribution in [0.25, 0.3) is 0 Å². The molecule has 0 unspecified atom stereocenters. The van der Waals surface area contributed by atoms with Crippen molar-refractivity contribution in [2.75, 3.05) is 7.11 Å². The van der Waals surface area contributed by atoms with E-state index in [1.54, 1.807) is 13.3 Å². The molecule has 0 bridgehead atoms. The predicted octanol–water partition coefficient (Wildman–Crippen LogP) is 3.31. The largest absolute Gasteiger partial charge is 0.497 e. The van der Waals surface area contributed by atoms with Gasteiger partial charge in [0.25, 0.3) is 0 Å². The zero-order valence-electron chi connectivity index (χ0n) is 13.6. The van der Waals surface area contributed by atoms with Crippen molar-refractivity contribution in [3.05, 3.63) is 64.7 Å². The first-order valence-corrected chi connectivity index (χ1v) is 7.76. The van der Waals surface area contributed by atoms with Crippen molar-refractivity contribution in [3.8, 4) is 5.75 Å². The number of hydrogen-bond donors (Lipinski definition) is 2. The molecule has 0 aliphatic rings. The third kappa shape index (κ3) is 5.38. The molecule has 0 fully saturated rings. The fourth-order valence-electron chi connectivity index (χ4n) is 2.10. The van der Waals surface area contributed by atoms with Crippen LogP contribution in [-0.2, 0) is 6.54 Å². The number of hydrogen-bond acceptors (Lipinski definition) is 3. The highest BCUT2D eigenvalue weighted by molar-refractivity contribution is 7.80. The van der Waals surface area contributed by atoms with E-state index in [0.29, 0.717) is 11.7 Å². The molecule has 0 saturated heterocycles. The van der Waals surface area contributed by atoms with Crippen LogP contribution < -0.4 is 15.5 Å². The first-order chi connectivity index (χ1) is 11.1. The summed E-state index contributed by atoms with van der Waals surface area (Å²) >= 11 is 5.21. The highest BCUT2D eigenvalue weighted by Gasteiger charge is 1.98. The van der Waals surface area contributed by atoms with Gasteiger partial charge in [0.2, 0.25) is 0 Å². The third-order valence-electron chi connectivity index (χ3n) is 3.41. The van der Waals surface area contributed by atoms with Crippen molar-refractivity contribution in [2.24, 2.45) is 5.10 Å². The average molecular weight is 327 g/mol. The lowest BCUT2D eigenvalue weighted by Gasteiger charge is -2.08. The molecule has 5 heteroatoms. The Balaban J connectivity index is 1.81. The molecule has 2 rings (SSSR count). The fourth-order valence-corrected chi connectivity index (χ4v) is 2.22. The van der Waals surface area contributed by atoms with Gasteiger partial charge in [-0.2, -0.15) is 5.10 Å². The second-order valence-corrected chi connectivity index (χ2v) is 5.67. The maximum absolute atomic E-state index is 5.21. The first-order valence-electron chi connectivity index (χ1n) is 7.35. The number of thiocarbonyl (C=S) groups is 1. The van der Waals surface area contributed by atoms with E-state index in [4.69, 9.17) is 17.0 Å². The van der Waals surface area contributed by atoms with Gasteiger partial charge in [-0.3, -0.25) is 5.43 Å². The monoisotopic (exact) mass is 327 g/mol. The molecule has 0 spiro atoms. The van der Waals surface area contributed by atoms with Crippen molar-refractivity contribution < 1.29 is 4.74 Å². The Morgan fingerprint density at radius 3 is 2.57 bits per heavy atom. The number of benzene rings is 2. The Kier molecular flexibility index (Phi) is 6.11. The molecule has 0 aromatic heterocycles. The summed E-state index contributed by atoms with van der Waals surface area (Å²) in [7, 11) is 1.65. The molecule has 120 valence electrons. The molecule has 0 radical (unpaired) electrons. The SMILES string of the molecule is COc1ccc(CNC(=S)N/N=C\c2ccc(C)cc2C)cc1. The second-order valence-electron chi connectivity index (χ2n) is 5.26. The van der Waals surface area contributed by atoms with Gasteiger partial charge in [0, 0.05) is 6.54 Å². The Bertz CT molecular complexity index is 696. The van der Waals surface area contributed by atoms with Gasteiger partial charge in [-0.05, 0) is 54.9 Å². The van der Waals surface area contributed by atoms with Gasteiger partial charge in [0.05, 0.1) is 13.3 Å². The molecule has 2 aromatic rings. The van der Waals surface area contributed by atoms with E-state index in [-0.39, 0.29) is 0 Å². The summed E-state index contributed by atoms with van der Waals surface area (Å²) in [5, 5.41) is 7.77. The topological polar surface area (TPSA) is 45.6 Å². The molecule has 0 aliphatic heterocycles. The number of nitrogens with zero attached hydrogens (tertiary/aromatic N) is 1.